The lowest BCUT2D eigenvalue weighted by Crippen LogP contribution is -2.48. The predicted molar refractivity (Wildman–Crippen MR) is 106 cm³/mol. The van der Waals surface area contributed by atoms with E-state index >= 15 is 0 Å². The summed E-state index contributed by atoms with van der Waals surface area (Å²) in [6, 6.07) is 13.8. The largest absolute Gasteiger partial charge is 0.355 e. The van der Waals surface area contributed by atoms with E-state index in [1.807, 2.05) is 6.07 Å². The molecule has 1 atom stereocenters. The van der Waals surface area contributed by atoms with E-state index in [1.54, 1.807) is 24.3 Å². The van der Waals surface area contributed by atoms with Gasteiger partial charge < -0.3 is 5.32 Å². The van der Waals surface area contributed by atoms with Gasteiger partial charge in [-0.1, -0.05) is 23.7 Å². The van der Waals surface area contributed by atoms with Crippen LogP contribution in [0.2, 0.25) is 5.02 Å². The van der Waals surface area contributed by atoms with Crippen molar-refractivity contribution < 1.29 is 13.2 Å². The molecular weight excluding hydrogens is 398 g/mol. The topological polar surface area (TPSA) is 90.3 Å². The quantitative estimate of drug-likeness (QED) is 0.809. The molecule has 1 amide bonds. The molecule has 28 heavy (non-hydrogen) atoms. The van der Waals surface area contributed by atoms with Gasteiger partial charge in [-0.3, -0.25) is 4.79 Å². The van der Waals surface area contributed by atoms with Gasteiger partial charge in [-0.25, -0.2) is 8.42 Å². The molecule has 3 rings (SSSR count). The zero-order chi connectivity index (χ0) is 20.1. The lowest BCUT2D eigenvalue weighted by Gasteiger charge is -2.29. The molecule has 8 heteroatoms. The summed E-state index contributed by atoms with van der Waals surface area (Å²) in [5, 5.41) is 12.2. The first-order valence-corrected chi connectivity index (χ1v) is 10.8. The number of carbonyl (C=O) groups is 1. The van der Waals surface area contributed by atoms with Crippen LogP contribution in [-0.2, 0) is 21.4 Å². The molecule has 146 valence electrons. The minimum absolute atomic E-state index is 0.0365. The molecule has 1 aliphatic heterocycles. The molecule has 2 aromatic carbocycles. The second-order valence-electron chi connectivity index (χ2n) is 6.62. The Kier molecular flexibility index (Phi) is 6.35. The van der Waals surface area contributed by atoms with Crippen molar-refractivity contribution in [3.8, 4) is 6.07 Å². The van der Waals surface area contributed by atoms with Gasteiger partial charge in [0, 0.05) is 18.1 Å². The molecule has 1 fully saturated rings. The van der Waals surface area contributed by atoms with Crippen molar-refractivity contribution in [2.24, 2.45) is 0 Å². The number of rotatable bonds is 5. The molecular formula is C20H20ClN3O3S. The highest BCUT2D eigenvalue weighted by Gasteiger charge is 2.36. The zero-order valence-corrected chi connectivity index (χ0v) is 16.7. The van der Waals surface area contributed by atoms with Gasteiger partial charge in [-0.05, 0) is 61.2 Å². The standard InChI is InChI=1S/C20H20ClN3O3S/c21-17-8-10-18(11-9-17)28(26,27)24(19-3-1-2-12-23-20(19)25)14-16-6-4-15(13-22)5-7-16/h4-11,19H,1-3,12,14H2,(H,23,25)/t19-/m1/s1. The van der Waals surface area contributed by atoms with Crippen LogP contribution >= 0.6 is 11.6 Å². The Labute approximate surface area is 169 Å². The highest BCUT2D eigenvalue weighted by Crippen LogP contribution is 2.26. The van der Waals surface area contributed by atoms with E-state index < -0.39 is 16.1 Å². The Morgan fingerprint density at radius 2 is 1.79 bits per heavy atom. The van der Waals surface area contributed by atoms with Crippen LogP contribution in [0.15, 0.2) is 53.4 Å². The number of nitrogens with zero attached hydrogens (tertiary/aromatic N) is 2. The van der Waals surface area contributed by atoms with Gasteiger partial charge in [0.1, 0.15) is 6.04 Å². The number of sulfonamides is 1. The molecule has 0 saturated carbocycles. The van der Waals surface area contributed by atoms with E-state index in [0.717, 1.165) is 12.8 Å². The number of amides is 1. The van der Waals surface area contributed by atoms with Crippen molar-refractivity contribution in [2.75, 3.05) is 6.54 Å². The summed E-state index contributed by atoms with van der Waals surface area (Å²) in [4.78, 5) is 12.7. The number of benzene rings is 2. The number of hydrogen-bond acceptors (Lipinski definition) is 4. The van der Waals surface area contributed by atoms with Gasteiger partial charge >= 0.3 is 0 Å². The average Bonchev–Trinajstić information content (AvgIpc) is 2.91. The molecule has 1 N–H and O–H groups in total. The van der Waals surface area contributed by atoms with Crippen molar-refractivity contribution in [1.82, 2.24) is 9.62 Å². The van der Waals surface area contributed by atoms with Crippen molar-refractivity contribution in [1.29, 1.82) is 5.26 Å². The van der Waals surface area contributed by atoms with Gasteiger partial charge in [-0.2, -0.15) is 9.57 Å². The summed E-state index contributed by atoms with van der Waals surface area (Å²) >= 11 is 5.89. The maximum atomic E-state index is 13.4. The second kappa shape index (κ2) is 8.74. The molecule has 1 saturated heterocycles. The highest BCUT2D eigenvalue weighted by atomic mass is 35.5. The first-order chi connectivity index (χ1) is 13.4. The van der Waals surface area contributed by atoms with Gasteiger partial charge in [0.15, 0.2) is 0 Å². The van der Waals surface area contributed by atoms with Crippen LogP contribution in [0.25, 0.3) is 0 Å². The number of nitrogens with one attached hydrogen (secondary N) is 1. The van der Waals surface area contributed by atoms with Crippen molar-refractivity contribution in [3.63, 3.8) is 0 Å². The summed E-state index contributed by atoms with van der Waals surface area (Å²) < 4.78 is 28.0. The molecule has 1 heterocycles. The van der Waals surface area contributed by atoms with E-state index in [-0.39, 0.29) is 17.3 Å². The van der Waals surface area contributed by atoms with Crippen LogP contribution in [0.4, 0.5) is 0 Å². The molecule has 0 radical (unpaired) electrons. The Balaban J connectivity index is 2.00. The van der Waals surface area contributed by atoms with Gasteiger partial charge in [0.25, 0.3) is 0 Å². The Hall–Kier alpha value is -2.40. The van der Waals surface area contributed by atoms with Crippen LogP contribution in [0.1, 0.15) is 30.4 Å². The third-order valence-corrected chi connectivity index (χ3v) is 6.82. The monoisotopic (exact) mass is 417 g/mol. The summed E-state index contributed by atoms with van der Waals surface area (Å²) in [5.41, 5.74) is 1.19. The van der Waals surface area contributed by atoms with Crippen molar-refractivity contribution in [3.05, 3.63) is 64.7 Å². The third kappa shape index (κ3) is 4.53. The van der Waals surface area contributed by atoms with E-state index in [0.29, 0.717) is 29.1 Å². The molecule has 6 nitrogen and oxygen atoms in total. The summed E-state index contributed by atoms with van der Waals surface area (Å²) in [6.07, 6.45) is 2.02. The van der Waals surface area contributed by atoms with Crippen LogP contribution in [0, 0.1) is 11.3 Å². The van der Waals surface area contributed by atoms with Crippen LogP contribution in [0.3, 0.4) is 0 Å². The fraction of sp³-hybridized carbons (Fsp3) is 0.300. The molecule has 1 aliphatic rings. The fourth-order valence-electron chi connectivity index (χ4n) is 3.17. The van der Waals surface area contributed by atoms with Gasteiger partial charge in [-0.15, -0.1) is 0 Å². The van der Waals surface area contributed by atoms with E-state index in [9.17, 15) is 13.2 Å². The fourth-order valence-corrected chi connectivity index (χ4v) is 4.90. The molecule has 0 bridgehead atoms. The lowest BCUT2D eigenvalue weighted by atomic mass is 10.1. The maximum Gasteiger partial charge on any atom is 0.244 e. The molecule has 2 aromatic rings. The van der Waals surface area contributed by atoms with Crippen LogP contribution < -0.4 is 5.32 Å². The molecule has 0 aromatic heterocycles. The van der Waals surface area contributed by atoms with Crippen LogP contribution in [0.5, 0.6) is 0 Å². The van der Waals surface area contributed by atoms with Crippen molar-refractivity contribution >= 4 is 27.5 Å². The minimum Gasteiger partial charge on any atom is -0.355 e. The predicted octanol–water partition coefficient (Wildman–Crippen LogP) is 3.07. The van der Waals surface area contributed by atoms with Gasteiger partial charge in [0.05, 0.1) is 16.5 Å². The SMILES string of the molecule is N#Cc1ccc(CN([C@@H]2CCCCNC2=O)S(=O)(=O)c2ccc(Cl)cc2)cc1. The first kappa shape index (κ1) is 20.3. The van der Waals surface area contributed by atoms with Crippen LogP contribution in [-0.4, -0.2) is 31.2 Å². The second-order valence-corrected chi connectivity index (χ2v) is 8.94. The minimum atomic E-state index is -3.93. The third-order valence-electron chi connectivity index (χ3n) is 4.70. The zero-order valence-electron chi connectivity index (χ0n) is 15.1. The molecule has 0 spiro atoms. The number of hydrogen-bond donors (Lipinski definition) is 1. The normalized spacial score (nSPS) is 17.6. The Bertz CT molecular complexity index is 983. The number of nitriles is 1. The van der Waals surface area contributed by atoms with E-state index in [1.165, 1.54) is 28.6 Å². The first-order valence-electron chi connectivity index (χ1n) is 8.96. The van der Waals surface area contributed by atoms with E-state index in [4.69, 9.17) is 16.9 Å². The molecule has 0 unspecified atom stereocenters. The number of carbonyl (C=O) groups excluding carboxylic acids is 1. The maximum absolute atomic E-state index is 13.4. The summed E-state index contributed by atoms with van der Waals surface area (Å²) in [7, 11) is -3.93. The Morgan fingerprint density at radius 3 is 2.43 bits per heavy atom. The number of halogens is 1. The summed E-state index contributed by atoms with van der Waals surface area (Å²) in [6.45, 7) is 0.579. The smallest absolute Gasteiger partial charge is 0.244 e. The highest BCUT2D eigenvalue weighted by molar-refractivity contribution is 7.89. The van der Waals surface area contributed by atoms with E-state index in [2.05, 4.69) is 5.32 Å². The molecule has 0 aliphatic carbocycles. The Morgan fingerprint density at radius 1 is 1.11 bits per heavy atom. The van der Waals surface area contributed by atoms with Crippen molar-refractivity contribution in [2.45, 2.75) is 36.7 Å². The summed E-state index contributed by atoms with van der Waals surface area (Å²) in [5.74, 6) is -0.288. The average molecular weight is 418 g/mol. The lowest BCUT2D eigenvalue weighted by molar-refractivity contribution is -0.124. The van der Waals surface area contributed by atoms with Gasteiger partial charge in [0.2, 0.25) is 15.9 Å².